The molecule has 0 bridgehead atoms. The SMILES string of the molecule is CC(=O)[O-].[CH3-].[Na+]. The molecule has 32 valence electrons. The minimum absolute atomic E-state index is 0. The molecule has 0 heterocycles. The van der Waals surface area contributed by atoms with Crippen LogP contribution >= 0.6 is 0 Å². The zero-order valence-corrected chi connectivity index (χ0v) is 6.32. The van der Waals surface area contributed by atoms with E-state index in [-0.39, 0.29) is 37.0 Å². The number of hydrogen-bond donors (Lipinski definition) is 0. The summed E-state index contributed by atoms with van der Waals surface area (Å²) in [5.74, 6) is -1.08. The molecule has 0 aliphatic rings. The zero-order chi connectivity index (χ0) is 3.58. The Labute approximate surface area is 59.8 Å². The quantitative estimate of drug-likeness (QED) is 0.230. The minimum Gasteiger partial charge on any atom is -0.550 e. The van der Waals surface area contributed by atoms with Crippen LogP contribution in [0.15, 0.2) is 0 Å². The van der Waals surface area contributed by atoms with Crippen LogP contribution in [0, 0.1) is 7.43 Å². The van der Waals surface area contributed by atoms with E-state index in [1.54, 1.807) is 0 Å². The maximum absolute atomic E-state index is 8.89. The van der Waals surface area contributed by atoms with E-state index < -0.39 is 5.97 Å². The predicted molar refractivity (Wildman–Crippen MR) is 17.1 cm³/mol. The van der Waals surface area contributed by atoms with E-state index in [2.05, 4.69) is 0 Å². The van der Waals surface area contributed by atoms with Crippen LogP contribution < -0.4 is 34.7 Å². The van der Waals surface area contributed by atoms with Gasteiger partial charge < -0.3 is 17.3 Å². The standard InChI is InChI=1S/C2H4O2.CH3.Na/c1-2(3)4;;/h1H3,(H,3,4);1H3;/q;-1;+1/p-1. The molecule has 0 saturated carbocycles. The first kappa shape index (κ1) is 16.1. The third-order valence-electron chi connectivity index (χ3n) is 0. The molecule has 0 aliphatic heterocycles. The molecule has 0 N–H and O–H groups in total. The van der Waals surface area contributed by atoms with Crippen LogP contribution in [0.1, 0.15) is 6.92 Å². The van der Waals surface area contributed by atoms with Crippen molar-refractivity contribution in [3.63, 3.8) is 0 Å². The maximum atomic E-state index is 8.89. The van der Waals surface area contributed by atoms with Gasteiger partial charge in [0.05, 0.1) is 0 Å². The van der Waals surface area contributed by atoms with Crippen LogP contribution in [-0.4, -0.2) is 5.97 Å². The van der Waals surface area contributed by atoms with Crippen molar-refractivity contribution >= 4 is 5.97 Å². The molecule has 0 amide bonds. The van der Waals surface area contributed by atoms with Crippen molar-refractivity contribution in [3.8, 4) is 0 Å². The van der Waals surface area contributed by atoms with Gasteiger partial charge >= 0.3 is 29.6 Å². The molecule has 0 spiro atoms. The summed E-state index contributed by atoms with van der Waals surface area (Å²) in [5.41, 5.74) is 0. The smallest absolute Gasteiger partial charge is 0.550 e. The van der Waals surface area contributed by atoms with Crippen LogP contribution in [0.5, 0.6) is 0 Å². The molecule has 2 nitrogen and oxygen atoms in total. The van der Waals surface area contributed by atoms with Crippen molar-refractivity contribution in [3.05, 3.63) is 7.43 Å². The molecule has 0 fully saturated rings. The van der Waals surface area contributed by atoms with Crippen molar-refractivity contribution < 1.29 is 39.5 Å². The van der Waals surface area contributed by atoms with Gasteiger partial charge in [-0.25, -0.2) is 0 Å². The Hall–Kier alpha value is 0.470. The van der Waals surface area contributed by atoms with Crippen molar-refractivity contribution in [1.29, 1.82) is 0 Å². The molecule has 0 aromatic carbocycles. The molecule has 6 heavy (non-hydrogen) atoms. The van der Waals surface area contributed by atoms with Crippen LogP contribution in [0.3, 0.4) is 0 Å². The summed E-state index contributed by atoms with van der Waals surface area (Å²) in [6.07, 6.45) is 0. The molecule has 0 aliphatic carbocycles. The van der Waals surface area contributed by atoms with Gasteiger partial charge in [0.1, 0.15) is 0 Å². The number of carbonyl (C=O) groups is 1. The monoisotopic (exact) mass is 97.0 g/mol. The molecule has 0 unspecified atom stereocenters. The summed E-state index contributed by atoms with van der Waals surface area (Å²) in [4.78, 5) is 8.89. The Morgan fingerprint density at radius 1 is 1.67 bits per heavy atom. The number of rotatable bonds is 0. The Balaban J connectivity index is -0.0000000450. The Kier molecular flexibility index (Phi) is 24.3. The molecule has 0 atom stereocenters. The van der Waals surface area contributed by atoms with Crippen LogP contribution in [0.4, 0.5) is 0 Å². The number of aliphatic carboxylic acids is 1. The fraction of sp³-hybridized carbons (Fsp3) is 0.333. The van der Waals surface area contributed by atoms with Crippen LogP contribution in [-0.2, 0) is 4.79 Å². The van der Waals surface area contributed by atoms with E-state index >= 15 is 0 Å². The van der Waals surface area contributed by atoms with Crippen LogP contribution in [0.25, 0.3) is 0 Å². The van der Waals surface area contributed by atoms with Gasteiger partial charge in [0.15, 0.2) is 0 Å². The number of carbonyl (C=O) groups excluding carboxylic acids is 1. The predicted octanol–water partition coefficient (Wildman–Crippen LogP) is -3.79. The van der Waals surface area contributed by atoms with E-state index in [0.717, 1.165) is 6.92 Å². The van der Waals surface area contributed by atoms with Gasteiger partial charge in [-0.1, -0.05) is 0 Å². The van der Waals surface area contributed by atoms with Gasteiger partial charge in [-0.15, -0.1) is 0 Å². The second-order valence-corrected chi connectivity index (χ2v) is 0.492. The second-order valence-electron chi connectivity index (χ2n) is 0.492. The zero-order valence-electron chi connectivity index (χ0n) is 4.32. The first-order valence-electron chi connectivity index (χ1n) is 0.908. The molecule has 3 heteroatoms. The molecule has 0 aromatic rings. The Morgan fingerprint density at radius 3 is 1.67 bits per heavy atom. The van der Waals surface area contributed by atoms with Crippen molar-refractivity contribution in [2.75, 3.05) is 0 Å². The van der Waals surface area contributed by atoms with Crippen molar-refractivity contribution in [1.82, 2.24) is 0 Å². The van der Waals surface area contributed by atoms with Gasteiger partial charge in [0.25, 0.3) is 0 Å². The summed E-state index contributed by atoms with van der Waals surface area (Å²) in [7, 11) is 0. The van der Waals surface area contributed by atoms with Crippen LogP contribution in [0.2, 0.25) is 0 Å². The fourth-order valence-corrected chi connectivity index (χ4v) is 0. The first-order chi connectivity index (χ1) is 1.73. The van der Waals surface area contributed by atoms with Gasteiger partial charge in [0.2, 0.25) is 0 Å². The van der Waals surface area contributed by atoms with E-state index in [1.165, 1.54) is 0 Å². The minimum atomic E-state index is -1.08. The second kappa shape index (κ2) is 9.08. The molecular weight excluding hydrogens is 91.0 g/mol. The number of hydrogen-bond acceptors (Lipinski definition) is 2. The maximum Gasteiger partial charge on any atom is 1.00 e. The first-order valence-corrected chi connectivity index (χ1v) is 0.908. The third kappa shape index (κ3) is 244. The van der Waals surface area contributed by atoms with Crippen molar-refractivity contribution in [2.24, 2.45) is 0 Å². The summed E-state index contributed by atoms with van der Waals surface area (Å²) in [6, 6.07) is 0. The third-order valence-corrected chi connectivity index (χ3v) is 0. The van der Waals surface area contributed by atoms with Gasteiger partial charge in [-0.2, -0.15) is 0 Å². The molecular formula is C3H6NaO2-. The van der Waals surface area contributed by atoms with Crippen molar-refractivity contribution in [2.45, 2.75) is 6.92 Å². The molecule has 0 radical (unpaired) electrons. The average molecular weight is 97.1 g/mol. The summed E-state index contributed by atoms with van der Waals surface area (Å²) >= 11 is 0. The van der Waals surface area contributed by atoms with Gasteiger partial charge in [0, 0.05) is 5.97 Å². The summed E-state index contributed by atoms with van der Waals surface area (Å²) < 4.78 is 0. The summed E-state index contributed by atoms with van der Waals surface area (Å²) in [5, 5.41) is 8.89. The fourth-order valence-electron chi connectivity index (χ4n) is 0. The topological polar surface area (TPSA) is 40.1 Å². The van der Waals surface area contributed by atoms with E-state index in [0.29, 0.717) is 0 Å². The Bertz CT molecular complexity index is 31.8. The molecule has 0 rings (SSSR count). The number of carboxylic acids is 1. The van der Waals surface area contributed by atoms with Gasteiger partial charge in [-0.3, -0.25) is 0 Å². The summed E-state index contributed by atoms with van der Waals surface area (Å²) in [6.45, 7) is 0.972. The Morgan fingerprint density at radius 2 is 1.67 bits per heavy atom. The van der Waals surface area contributed by atoms with Gasteiger partial charge in [-0.05, 0) is 6.92 Å². The molecule has 0 aromatic heterocycles. The number of carboxylic acid groups (broad SMARTS) is 1. The normalized spacial score (nSPS) is 4.17. The van der Waals surface area contributed by atoms with E-state index in [9.17, 15) is 0 Å². The van der Waals surface area contributed by atoms with E-state index in [1.807, 2.05) is 0 Å². The largest absolute Gasteiger partial charge is 1.00 e. The average Bonchev–Trinajstić information content (AvgIpc) is 0.811. The molecule has 0 saturated heterocycles. The van der Waals surface area contributed by atoms with E-state index in [4.69, 9.17) is 9.90 Å².